The minimum Gasteiger partial charge on any atom is -0.352 e. The van der Waals surface area contributed by atoms with E-state index in [1.165, 1.54) is 18.2 Å². The molecule has 0 bridgehead atoms. The van der Waals surface area contributed by atoms with Gasteiger partial charge in [0.25, 0.3) is 0 Å². The van der Waals surface area contributed by atoms with E-state index in [1.807, 2.05) is 65.4 Å². The lowest BCUT2D eigenvalue weighted by atomic mass is 9.87. The average Bonchev–Trinajstić information content (AvgIpc) is 3.30. The van der Waals surface area contributed by atoms with Crippen LogP contribution in [0.1, 0.15) is 40.2 Å². The molecule has 5 aromatic rings. The number of hydrogen-bond donors (Lipinski definition) is 1. The molecule has 3 nitrogen and oxygen atoms in total. The highest BCUT2D eigenvalue weighted by Crippen LogP contribution is 2.40. The minimum absolute atomic E-state index is 0.0731. The van der Waals surface area contributed by atoms with Gasteiger partial charge in [-0.25, -0.2) is 4.39 Å². The summed E-state index contributed by atoms with van der Waals surface area (Å²) in [6.45, 7) is 0.718. The number of nitrogens with zero attached hydrogens (tertiary/aromatic N) is 1. The predicted molar refractivity (Wildman–Crippen MR) is 149 cm³/mol. The zero-order valence-corrected chi connectivity index (χ0v) is 22.0. The summed E-state index contributed by atoms with van der Waals surface area (Å²) in [6, 6.07) is 26.9. The number of alkyl halides is 3. The van der Waals surface area contributed by atoms with Crippen LogP contribution < -0.4 is 5.32 Å². The standard InChI is InChI=1S/C32H25ClF4N2O/c33-29-15-12-23(16-28(29)32(35,36)37)26(17-31(40)38-18-21-6-2-1-3-7-21)27-20-39(30-9-5-4-8-25(27)30)19-22-10-13-24(34)14-11-22/h1-16,20,26H,17-19H2,(H,38,40)/t26-/m0/s1. The lowest BCUT2D eigenvalue weighted by Crippen LogP contribution is -2.25. The van der Waals surface area contributed by atoms with Crippen molar-refractivity contribution in [3.63, 3.8) is 0 Å². The monoisotopic (exact) mass is 564 g/mol. The molecular formula is C32H25ClF4N2O. The van der Waals surface area contributed by atoms with Crippen molar-refractivity contribution in [2.24, 2.45) is 0 Å². The maximum atomic E-state index is 13.8. The molecule has 204 valence electrons. The first-order chi connectivity index (χ1) is 19.2. The SMILES string of the molecule is O=C(C[C@@H](c1ccc(Cl)c(C(F)(F)F)c1)c1cn(Cc2ccc(F)cc2)c2ccccc12)NCc1ccccc1. The maximum absolute atomic E-state index is 13.8. The molecule has 0 unspecified atom stereocenters. The zero-order valence-electron chi connectivity index (χ0n) is 21.3. The fourth-order valence-corrected chi connectivity index (χ4v) is 5.13. The van der Waals surface area contributed by atoms with E-state index in [9.17, 15) is 22.4 Å². The van der Waals surface area contributed by atoms with Crippen LogP contribution in [-0.2, 0) is 24.1 Å². The predicted octanol–water partition coefficient (Wildman–Crippen LogP) is 8.34. The Morgan fingerprint density at radius 1 is 0.875 bits per heavy atom. The van der Waals surface area contributed by atoms with Crippen LogP contribution in [0.4, 0.5) is 17.6 Å². The molecule has 0 saturated heterocycles. The van der Waals surface area contributed by atoms with Crippen LogP contribution in [0.15, 0.2) is 103 Å². The van der Waals surface area contributed by atoms with E-state index in [0.717, 1.165) is 28.1 Å². The zero-order chi connectivity index (χ0) is 28.3. The first-order valence-corrected chi connectivity index (χ1v) is 13.1. The summed E-state index contributed by atoms with van der Waals surface area (Å²) < 4.78 is 56.8. The average molecular weight is 565 g/mol. The first kappa shape index (κ1) is 27.5. The molecule has 1 atom stereocenters. The minimum atomic E-state index is -4.65. The summed E-state index contributed by atoms with van der Waals surface area (Å²) in [7, 11) is 0. The normalized spacial score (nSPS) is 12.4. The highest BCUT2D eigenvalue weighted by atomic mass is 35.5. The van der Waals surface area contributed by atoms with Gasteiger partial charge in [0.15, 0.2) is 0 Å². The van der Waals surface area contributed by atoms with Gasteiger partial charge in [-0.2, -0.15) is 13.2 Å². The molecule has 1 amide bonds. The van der Waals surface area contributed by atoms with Crippen LogP contribution in [0.3, 0.4) is 0 Å². The van der Waals surface area contributed by atoms with Crippen molar-refractivity contribution in [1.29, 1.82) is 0 Å². The molecule has 1 aromatic heterocycles. The second kappa shape index (κ2) is 11.6. The third-order valence-electron chi connectivity index (χ3n) is 6.88. The van der Waals surface area contributed by atoms with Crippen molar-refractivity contribution in [1.82, 2.24) is 9.88 Å². The maximum Gasteiger partial charge on any atom is 0.417 e. The first-order valence-electron chi connectivity index (χ1n) is 12.7. The van der Waals surface area contributed by atoms with Gasteiger partial charge in [-0.05, 0) is 52.6 Å². The Balaban J connectivity index is 1.56. The third kappa shape index (κ3) is 6.20. The summed E-state index contributed by atoms with van der Waals surface area (Å²) in [5, 5.41) is 3.31. The van der Waals surface area contributed by atoms with Gasteiger partial charge in [-0.3, -0.25) is 4.79 Å². The number of hydrogen-bond acceptors (Lipinski definition) is 1. The molecule has 0 aliphatic carbocycles. The van der Waals surface area contributed by atoms with Crippen molar-refractivity contribution in [2.75, 3.05) is 0 Å². The Hall–Kier alpha value is -4.10. The van der Waals surface area contributed by atoms with Crippen LogP contribution >= 0.6 is 11.6 Å². The Morgan fingerprint density at radius 2 is 1.57 bits per heavy atom. The smallest absolute Gasteiger partial charge is 0.352 e. The molecule has 40 heavy (non-hydrogen) atoms. The Bertz CT molecular complexity index is 1630. The highest BCUT2D eigenvalue weighted by Gasteiger charge is 2.34. The van der Waals surface area contributed by atoms with E-state index in [-0.39, 0.29) is 18.1 Å². The number of halogens is 5. The van der Waals surface area contributed by atoms with Crippen molar-refractivity contribution >= 4 is 28.4 Å². The lowest BCUT2D eigenvalue weighted by molar-refractivity contribution is -0.137. The number of para-hydroxylation sites is 1. The van der Waals surface area contributed by atoms with Gasteiger partial charge in [0.1, 0.15) is 5.82 Å². The van der Waals surface area contributed by atoms with Gasteiger partial charge in [-0.1, -0.05) is 78.3 Å². The summed E-state index contributed by atoms with van der Waals surface area (Å²) in [4.78, 5) is 13.2. The number of carbonyl (C=O) groups excluding carboxylic acids is 1. The van der Waals surface area contributed by atoms with Crippen LogP contribution in [0.2, 0.25) is 5.02 Å². The summed E-state index contributed by atoms with van der Waals surface area (Å²) in [6.07, 6.45) is -2.86. The second-order valence-corrected chi connectivity index (χ2v) is 10.0. The van der Waals surface area contributed by atoms with Gasteiger partial charge in [-0.15, -0.1) is 0 Å². The van der Waals surface area contributed by atoms with Gasteiger partial charge in [0.05, 0.1) is 10.6 Å². The van der Waals surface area contributed by atoms with Crippen molar-refractivity contribution in [2.45, 2.75) is 31.6 Å². The van der Waals surface area contributed by atoms with E-state index < -0.39 is 22.7 Å². The van der Waals surface area contributed by atoms with E-state index in [4.69, 9.17) is 11.6 Å². The number of nitrogens with one attached hydrogen (secondary N) is 1. The molecule has 0 spiro atoms. The lowest BCUT2D eigenvalue weighted by Gasteiger charge is -2.19. The van der Waals surface area contributed by atoms with E-state index in [1.54, 1.807) is 18.2 Å². The Morgan fingerprint density at radius 3 is 2.30 bits per heavy atom. The number of fused-ring (bicyclic) bond motifs is 1. The van der Waals surface area contributed by atoms with Crippen molar-refractivity contribution in [3.05, 3.63) is 142 Å². The molecule has 0 aliphatic rings. The topological polar surface area (TPSA) is 34.0 Å². The molecule has 5 rings (SSSR count). The number of benzene rings is 4. The molecular weight excluding hydrogens is 540 g/mol. The van der Waals surface area contributed by atoms with Gasteiger partial charge >= 0.3 is 6.18 Å². The molecule has 0 aliphatic heterocycles. The third-order valence-corrected chi connectivity index (χ3v) is 7.21. The van der Waals surface area contributed by atoms with Crippen molar-refractivity contribution in [3.8, 4) is 0 Å². The Kier molecular flexibility index (Phi) is 7.94. The number of aromatic nitrogens is 1. The molecule has 0 radical (unpaired) electrons. The molecule has 1 N–H and O–H groups in total. The van der Waals surface area contributed by atoms with E-state index in [0.29, 0.717) is 24.2 Å². The molecule has 0 saturated carbocycles. The number of amides is 1. The Labute approximate surface area is 234 Å². The van der Waals surface area contributed by atoms with Crippen molar-refractivity contribution < 1.29 is 22.4 Å². The fraction of sp³-hybridized carbons (Fsp3) is 0.156. The van der Waals surface area contributed by atoms with Gasteiger partial charge in [0.2, 0.25) is 5.91 Å². The second-order valence-electron chi connectivity index (χ2n) is 9.61. The van der Waals surface area contributed by atoms with Gasteiger partial charge in [0, 0.05) is 42.5 Å². The van der Waals surface area contributed by atoms with Crippen LogP contribution in [-0.4, -0.2) is 10.5 Å². The van der Waals surface area contributed by atoms with E-state index in [2.05, 4.69) is 5.32 Å². The largest absolute Gasteiger partial charge is 0.417 e. The summed E-state index contributed by atoms with van der Waals surface area (Å²) in [5.41, 5.74) is 2.71. The molecule has 0 fully saturated rings. The molecule has 1 heterocycles. The van der Waals surface area contributed by atoms with E-state index >= 15 is 0 Å². The highest BCUT2D eigenvalue weighted by molar-refractivity contribution is 6.31. The van der Waals surface area contributed by atoms with Crippen LogP contribution in [0.5, 0.6) is 0 Å². The summed E-state index contributed by atoms with van der Waals surface area (Å²) in [5.74, 6) is -1.33. The molecule has 8 heteroatoms. The fourth-order valence-electron chi connectivity index (χ4n) is 4.91. The number of rotatable bonds is 8. The number of carbonyl (C=O) groups is 1. The molecule has 4 aromatic carbocycles. The van der Waals surface area contributed by atoms with Gasteiger partial charge < -0.3 is 9.88 Å². The summed E-state index contributed by atoms with van der Waals surface area (Å²) >= 11 is 5.93. The quantitative estimate of drug-likeness (QED) is 0.189. The van der Waals surface area contributed by atoms with Crippen LogP contribution in [0.25, 0.3) is 10.9 Å². The van der Waals surface area contributed by atoms with Crippen LogP contribution in [0, 0.1) is 5.82 Å².